The van der Waals surface area contributed by atoms with Gasteiger partial charge in [0.15, 0.2) is 12.0 Å². The van der Waals surface area contributed by atoms with Crippen molar-refractivity contribution in [1.82, 2.24) is 5.32 Å². The SMILES string of the molecule is CC(=C1C(=O)C(C=C2N(C)c3ccccc3C2(C)C)=C1NC#N)C1Nc2ccccc2C1(C)C. The van der Waals surface area contributed by atoms with Gasteiger partial charge >= 0.3 is 0 Å². The summed E-state index contributed by atoms with van der Waals surface area (Å²) in [4.78, 5) is 15.7. The molecule has 1 aliphatic carbocycles. The van der Waals surface area contributed by atoms with Crippen LogP contribution in [0.25, 0.3) is 0 Å². The minimum atomic E-state index is -0.248. The number of hydrogen-bond donors (Lipinski definition) is 2. The van der Waals surface area contributed by atoms with Gasteiger partial charge < -0.3 is 10.2 Å². The average Bonchev–Trinajstić information content (AvgIpc) is 3.19. The molecule has 2 heterocycles. The number of nitriles is 1. The summed E-state index contributed by atoms with van der Waals surface area (Å²) in [6, 6.07) is 16.6. The number of Topliss-reactive ketones (excluding diaryl/α,β-unsaturated/α-hetero) is 1. The van der Waals surface area contributed by atoms with Gasteiger partial charge in [0, 0.05) is 46.1 Å². The van der Waals surface area contributed by atoms with Crippen molar-refractivity contribution in [3.05, 3.63) is 93.8 Å². The highest BCUT2D eigenvalue weighted by atomic mass is 16.1. The summed E-state index contributed by atoms with van der Waals surface area (Å²) < 4.78 is 0. The highest BCUT2D eigenvalue weighted by Gasteiger charge is 2.45. The number of rotatable bonds is 3. The summed E-state index contributed by atoms with van der Waals surface area (Å²) in [7, 11) is 2.03. The van der Waals surface area contributed by atoms with Crippen LogP contribution in [0.15, 0.2) is 82.7 Å². The van der Waals surface area contributed by atoms with E-state index in [4.69, 9.17) is 0 Å². The highest BCUT2D eigenvalue weighted by Crippen LogP contribution is 2.49. The highest BCUT2D eigenvalue weighted by molar-refractivity contribution is 6.22. The molecule has 172 valence electrons. The Morgan fingerprint density at radius 2 is 1.74 bits per heavy atom. The fourth-order valence-electron chi connectivity index (χ4n) is 5.99. The quantitative estimate of drug-likeness (QED) is 0.378. The Bertz CT molecular complexity index is 1370. The first-order valence-corrected chi connectivity index (χ1v) is 11.7. The molecule has 2 aromatic rings. The Balaban J connectivity index is 1.59. The fourth-order valence-corrected chi connectivity index (χ4v) is 5.99. The number of fused-ring (bicyclic) bond motifs is 2. The normalized spacial score (nSPS) is 24.3. The molecule has 3 aliphatic rings. The van der Waals surface area contributed by atoms with Crippen LogP contribution >= 0.6 is 0 Å². The van der Waals surface area contributed by atoms with Crippen LogP contribution in [0.3, 0.4) is 0 Å². The Morgan fingerprint density at radius 1 is 1.09 bits per heavy atom. The number of nitrogens with zero attached hydrogens (tertiary/aromatic N) is 2. The number of allylic oxidation sites excluding steroid dienone is 4. The van der Waals surface area contributed by atoms with Crippen LogP contribution in [0.5, 0.6) is 0 Å². The van der Waals surface area contributed by atoms with Gasteiger partial charge in [-0.25, -0.2) is 0 Å². The number of carbonyl (C=O) groups excluding carboxylic acids is 1. The lowest BCUT2D eigenvalue weighted by atomic mass is 9.73. The molecule has 0 saturated heterocycles. The third-order valence-electron chi connectivity index (χ3n) is 7.86. The maximum Gasteiger partial charge on any atom is 0.197 e. The van der Waals surface area contributed by atoms with E-state index in [-0.39, 0.29) is 22.7 Å². The van der Waals surface area contributed by atoms with Gasteiger partial charge in [-0.15, -0.1) is 0 Å². The monoisotopic (exact) mass is 450 g/mol. The molecule has 0 spiro atoms. The first kappa shape index (κ1) is 22.0. The lowest BCUT2D eigenvalue weighted by molar-refractivity contribution is -0.113. The van der Waals surface area contributed by atoms with Gasteiger partial charge in [0.1, 0.15) is 0 Å². The number of hydrogen-bond acceptors (Lipinski definition) is 5. The van der Waals surface area contributed by atoms with E-state index in [9.17, 15) is 10.1 Å². The largest absolute Gasteiger partial charge is 0.377 e. The van der Waals surface area contributed by atoms with Crippen LogP contribution in [0.2, 0.25) is 0 Å². The Labute approximate surface area is 201 Å². The van der Waals surface area contributed by atoms with Crippen molar-refractivity contribution in [2.75, 3.05) is 17.3 Å². The third-order valence-corrected chi connectivity index (χ3v) is 7.86. The maximum absolute atomic E-state index is 13.6. The van der Waals surface area contributed by atoms with Gasteiger partial charge in [0.2, 0.25) is 0 Å². The number of ketones is 1. The predicted octanol–water partition coefficient (Wildman–Crippen LogP) is 5.29. The Hall–Kier alpha value is -3.78. The van der Waals surface area contributed by atoms with E-state index in [1.165, 1.54) is 11.1 Å². The lowest BCUT2D eigenvalue weighted by Gasteiger charge is -2.34. The van der Waals surface area contributed by atoms with Crippen molar-refractivity contribution in [1.29, 1.82) is 5.26 Å². The molecular formula is C29H30N4O. The van der Waals surface area contributed by atoms with Gasteiger partial charge in [0.05, 0.1) is 11.7 Å². The molecule has 1 atom stereocenters. The van der Waals surface area contributed by atoms with Crippen molar-refractivity contribution in [2.45, 2.75) is 51.5 Å². The zero-order chi connectivity index (χ0) is 24.4. The van der Waals surface area contributed by atoms with E-state index in [0.29, 0.717) is 16.8 Å². The molecule has 0 aromatic heterocycles. The molecule has 2 aliphatic heterocycles. The topological polar surface area (TPSA) is 68.2 Å². The standard InChI is InChI=1S/C29H30N4O/c1-17(27-29(4,5)19-11-7-9-13-21(19)32-27)24-25(31-16-30)18(26(24)34)15-23-28(2,3)20-12-8-10-14-22(20)33(23)6/h7-15,27,31-32H,1-6H3. The zero-order valence-corrected chi connectivity index (χ0v) is 20.6. The molecule has 0 bridgehead atoms. The number of likely N-dealkylation sites (N-methyl/N-ethyl adjacent to an activating group) is 1. The second-order valence-corrected chi connectivity index (χ2v) is 10.5. The van der Waals surface area contributed by atoms with Crippen molar-refractivity contribution in [3.8, 4) is 6.19 Å². The average molecular weight is 451 g/mol. The molecule has 5 heteroatoms. The van der Waals surface area contributed by atoms with Crippen LogP contribution in [0.1, 0.15) is 45.7 Å². The molecule has 1 unspecified atom stereocenters. The summed E-state index contributed by atoms with van der Waals surface area (Å²) in [5.41, 5.74) is 8.05. The Kier molecular flexibility index (Phi) is 4.77. The number of nitrogens with one attached hydrogen (secondary N) is 2. The Morgan fingerprint density at radius 3 is 2.38 bits per heavy atom. The van der Waals surface area contributed by atoms with E-state index in [1.54, 1.807) is 0 Å². The molecule has 0 fully saturated rings. The van der Waals surface area contributed by atoms with Crippen molar-refractivity contribution < 1.29 is 4.79 Å². The second-order valence-electron chi connectivity index (χ2n) is 10.5. The molecule has 0 saturated carbocycles. The molecule has 34 heavy (non-hydrogen) atoms. The molecule has 0 radical (unpaired) electrons. The van der Waals surface area contributed by atoms with Gasteiger partial charge in [-0.05, 0) is 41.8 Å². The number of para-hydroxylation sites is 2. The fraction of sp³-hybridized carbons (Fsp3) is 0.310. The van der Waals surface area contributed by atoms with Crippen molar-refractivity contribution in [3.63, 3.8) is 0 Å². The molecule has 5 rings (SSSR count). The first-order chi connectivity index (χ1) is 16.1. The first-order valence-electron chi connectivity index (χ1n) is 11.7. The van der Waals surface area contributed by atoms with E-state index in [2.05, 4.69) is 67.5 Å². The van der Waals surface area contributed by atoms with Gasteiger partial charge in [-0.1, -0.05) is 64.1 Å². The summed E-state index contributed by atoms with van der Waals surface area (Å²) in [5.74, 6) is -0.0172. The molecule has 2 N–H and O–H groups in total. The second kappa shape index (κ2) is 7.36. The third kappa shape index (κ3) is 2.88. The van der Waals surface area contributed by atoms with Gasteiger partial charge in [-0.2, -0.15) is 5.26 Å². The minimum Gasteiger partial charge on any atom is -0.377 e. The minimum absolute atomic E-state index is 0.0172. The maximum atomic E-state index is 13.6. The van der Waals surface area contributed by atoms with Gasteiger partial charge in [0.25, 0.3) is 0 Å². The van der Waals surface area contributed by atoms with E-state index in [1.807, 2.05) is 50.5 Å². The predicted molar refractivity (Wildman–Crippen MR) is 136 cm³/mol. The van der Waals surface area contributed by atoms with E-state index in [0.717, 1.165) is 22.6 Å². The molecule has 5 nitrogen and oxygen atoms in total. The summed E-state index contributed by atoms with van der Waals surface area (Å²) in [6.07, 6.45) is 4.01. The molecular weight excluding hydrogens is 420 g/mol. The van der Waals surface area contributed by atoms with Gasteiger partial charge in [-0.3, -0.25) is 10.1 Å². The van der Waals surface area contributed by atoms with E-state index < -0.39 is 0 Å². The van der Waals surface area contributed by atoms with Crippen LogP contribution in [-0.4, -0.2) is 18.9 Å². The van der Waals surface area contributed by atoms with Crippen LogP contribution in [0.4, 0.5) is 11.4 Å². The van der Waals surface area contributed by atoms with Crippen LogP contribution in [0, 0.1) is 11.5 Å². The van der Waals surface area contributed by atoms with Crippen molar-refractivity contribution in [2.24, 2.45) is 0 Å². The summed E-state index contributed by atoms with van der Waals surface area (Å²) >= 11 is 0. The zero-order valence-electron chi connectivity index (χ0n) is 20.6. The lowest BCUT2D eigenvalue weighted by Crippen LogP contribution is -2.39. The summed E-state index contributed by atoms with van der Waals surface area (Å²) in [5, 5.41) is 15.9. The molecule has 0 amide bonds. The number of benzene rings is 2. The number of carbonyl (C=O) groups is 1. The van der Waals surface area contributed by atoms with Crippen molar-refractivity contribution >= 4 is 17.2 Å². The number of anilines is 2. The van der Waals surface area contributed by atoms with Crippen LogP contribution in [-0.2, 0) is 15.6 Å². The smallest absolute Gasteiger partial charge is 0.197 e. The molecule has 2 aromatic carbocycles. The van der Waals surface area contributed by atoms with Crippen LogP contribution < -0.4 is 15.5 Å². The van der Waals surface area contributed by atoms with E-state index >= 15 is 0 Å². The summed E-state index contributed by atoms with van der Waals surface area (Å²) in [6.45, 7) is 10.7.